The van der Waals surface area contributed by atoms with E-state index < -0.39 is 23.4 Å². The van der Waals surface area contributed by atoms with Crippen LogP contribution in [-0.4, -0.2) is 25.1 Å². The molecule has 1 amide bonds. The highest BCUT2D eigenvalue weighted by atomic mass is 19.1. The highest BCUT2D eigenvalue weighted by Gasteiger charge is 2.45. The van der Waals surface area contributed by atoms with E-state index in [0.717, 1.165) is 18.4 Å². The molecule has 0 unspecified atom stereocenters. The van der Waals surface area contributed by atoms with Gasteiger partial charge in [-0.3, -0.25) is 9.59 Å². The van der Waals surface area contributed by atoms with Gasteiger partial charge in [0.1, 0.15) is 11.6 Å². The predicted molar refractivity (Wildman–Crippen MR) is 104 cm³/mol. The molecule has 0 heterocycles. The largest absolute Gasteiger partial charge is 0.497 e. The number of ether oxygens (including phenoxy) is 2. The van der Waals surface area contributed by atoms with Gasteiger partial charge in [-0.15, -0.1) is 0 Å². The van der Waals surface area contributed by atoms with Crippen molar-refractivity contribution in [3.63, 3.8) is 0 Å². The van der Waals surface area contributed by atoms with Gasteiger partial charge in [-0.05, 0) is 61.7 Å². The number of amides is 1. The zero-order valence-corrected chi connectivity index (χ0v) is 16.0. The first-order chi connectivity index (χ1) is 13.4. The van der Waals surface area contributed by atoms with Crippen LogP contribution in [0.1, 0.15) is 38.2 Å². The summed E-state index contributed by atoms with van der Waals surface area (Å²) in [4.78, 5) is 25.4. The molecule has 0 saturated heterocycles. The molecule has 1 atom stereocenters. The number of esters is 1. The average Bonchev–Trinajstić information content (AvgIpc) is 3.20. The summed E-state index contributed by atoms with van der Waals surface area (Å²) in [5, 5.41) is 2.73. The maximum Gasteiger partial charge on any atom is 0.317 e. The normalized spacial score (nSPS) is 16.2. The molecule has 2 aromatic rings. The molecule has 0 spiro atoms. The molecule has 3 rings (SSSR count). The summed E-state index contributed by atoms with van der Waals surface area (Å²) in [5.74, 6) is -0.516. The molecule has 1 aliphatic carbocycles. The van der Waals surface area contributed by atoms with Crippen LogP contribution in [0.25, 0.3) is 0 Å². The number of halogens is 1. The molecular formula is C22H24FNO4. The molecule has 5 nitrogen and oxygen atoms in total. The highest BCUT2D eigenvalue weighted by Crippen LogP contribution is 2.42. The number of rotatable bonds is 6. The molecule has 28 heavy (non-hydrogen) atoms. The summed E-state index contributed by atoms with van der Waals surface area (Å²) >= 11 is 0. The Hall–Kier alpha value is -2.89. The Balaban J connectivity index is 1.68. The van der Waals surface area contributed by atoms with E-state index in [1.165, 1.54) is 12.1 Å². The number of methoxy groups -OCH3 is 1. The molecule has 2 aromatic carbocycles. The van der Waals surface area contributed by atoms with E-state index in [1.54, 1.807) is 50.4 Å². The molecule has 148 valence electrons. The number of anilines is 1. The number of hydrogen-bond acceptors (Lipinski definition) is 4. The Morgan fingerprint density at radius 1 is 1.04 bits per heavy atom. The first-order valence-corrected chi connectivity index (χ1v) is 9.37. The average molecular weight is 385 g/mol. The lowest BCUT2D eigenvalue weighted by Gasteiger charge is -2.28. The summed E-state index contributed by atoms with van der Waals surface area (Å²) in [5.41, 5.74) is 0.504. The van der Waals surface area contributed by atoms with Gasteiger partial charge in [-0.25, -0.2) is 4.39 Å². The van der Waals surface area contributed by atoms with Crippen LogP contribution in [0.2, 0.25) is 0 Å². The van der Waals surface area contributed by atoms with E-state index in [0.29, 0.717) is 24.3 Å². The SMILES string of the molecule is COc1ccc(NC(=O)[C@@H](C)OC(=O)C2(c3ccc(F)cc3)CCCC2)cc1. The Morgan fingerprint density at radius 2 is 1.64 bits per heavy atom. The second-order valence-corrected chi connectivity index (χ2v) is 7.06. The van der Waals surface area contributed by atoms with Crippen molar-refractivity contribution in [1.29, 1.82) is 0 Å². The van der Waals surface area contributed by atoms with Crippen molar-refractivity contribution in [3.8, 4) is 5.75 Å². The zero-order chi connectivity index (χ0) is 20.1. The van der Waals surface area contributed by atoms with Gasteiger partial charge in [-0.1, -0.05) is 25.0 Å². The maximum atomic E-state index is 13.3. The molecule has 0 aliphatic heterocycles. The van der Waals surface area contributed by atoms with Crippen molar-refractivity contribution in [2.75, 3.05) is 12.4 Å². The van der Waals surface area contributed by atoms with Crippen LogP contribution in [0.5, 0.6) is 5.75 Å². The second-order valence-electron chi connectivity index (χ2n) is 7.06. The molecular weight excluding hydrogens is 361 g/mol. The third-order valence-corrected chi connectivity index (χ3v) is 5.26. The lowest BCUT2D eigenvalue weighted by molar-refractivity contribution is -0.159. The third kappa shape index (κ3) is 4.16. The van der Waals surface area contributed by atoms with Gasteiger partial charge in [0.2, 0.25) is 0 Å². The number of benzene rings is 2. The van der Waals surface area contributed by atoms with Crippen molar-refractivity contribution in [2.24, 2.45) is 0 Å². The molecule has 1 N–H and O–H groups in total. The van der Waals surface area contributed by atoms with E-state index in [4.69, 9.17) is 9.47 Å². The summed E-state index contributed by atoms with van der Waals surface area (Å²) in [6.07, 6.45) is 2.08. The van der Waals surface area contributed by atoms with Gasteiger partial charge in [0, 0.05) is 5.69 Å². The van der Waals surface area contributed by atoms with Crippen molar-refractivity contribution in [2.45, 2.75) is 44.1 Å². The zero-order valence-electron chi connectivity index (χ0n) is 16.0. The van der Waals surface area contributed by atoms with Crippen molar-refractivity contribution in [3.05, 3.63) is 59.9 Å². The third-order valence-electron chi connectivity index (χ3n) is 5.26. The highest BCUT2D eigenvalue weighted by molar-refractivity contribution is 5.96. The minimum absolute atomic E-state index is 0.350. The minimum atomic E-state index is -0.951. The van der Waals surface area contributed by atoms with Crippen LogP contribution in [0.3, 0.4) is 0 Å². The Morgan fingerprint density at radius 3 is 2.21 bits per heavy atom. The van der Waals surface area contributed by atoms with Gasteiger partial charge < -0.3 is 14.8 Å². The van der Waals surface area contributed by atoms with E-state index in [-0.39, 0.29) is 5.82 Å². The Kier molecular flexibility index (Phi) is 5.97. The summed E-state index contributed by atoms with van der Waals surface area (Å²) in [6, 6.07) is 12.8. The summed E-state index contributed by atoms with van der Waals surface area (Å²) in [7, 11) is 1.56. The fourth-order valence-electron chi connectivity index (χ4n) is 3.60. The lowest BCUT2D eigenvalue weighted by Crippen LogP contribution is -2.39. The van der Waals surface area contributed by atoms with Crippen LogP contribution in [0, 0.1) is 5.82 Å². The molecule has 1 fully saturated rings. The fourth-order valence-corrected chi connectivity index (χ4v) is 3.60. The standard InChI is InChI=1S/C22H24FNO4/c1-15(20(25)24-18-9-11-19(27-2)12-10-18)28-21(26)22(13-3-4-14-22)16-5-7-17(23)8-6-16/h5-12,15H,3-4,13-14H2,1-2H3,(H,24,25)/t15-/m1/s1. The van der Waals surface area contributed by atoms with Gasteiger partial charge >= 0.3 is 5.97 Å². The van der Waals surface area contributed by atoms with Crippen LogP contribution in [-0.2, 0) is 19.7 Å². The number of hydrogen-bond donors (Lipinski definition) is 1. The first-order valence-electron chi connectivity index (χ1n) is 9.37. The quantitative estimate of drug-likeness (QED) is 0.757. The second kappa shape index (κ2) is 8.42. The van der Waals surface area contributed by atoms with Crippen LogP contribution < -0.4 is 10.1 Å². The van der Waals surface area contributed by atoms with Crippen molar-refractivity contribution >= 4 is 17.6 Å². The van der Waals surface area contributed by atoms with Gasteiger partial charge in [0.25, 0.3) is 5.91 Å². The van der Waals surface area contributed by atoms with Gasteiger partial charge in [0.05, 0.1) is 12.5 Å². The molecule has 1 aliphatic rings. The predicted octanol–water partition coefficient (Wildman–Crippen LogP) is 4.22. The number of nitrogens with one attached hydrogen (secondary N) is 1. The van der Waals surface area contributed by atoms with E-state index in [2.05, 4.69) is 5.32 Å². The number of carbonyl (C=O) groups excluding carboxylic acids is 2. The van der Waals surface area contributed by atoms with Crippen molar-refractivity contribution < 1.29 is 23.5 Å². The monoisotopic (exact) mass is 385 g/mol. The topological polar surface area (TPSA) is 64.6 Å². The van der Waals surface area contributed by atoms with Crippen molar-refractivity contribution in [1.82, 2.24) is 0 Å². The first kappa shape index (κ1) is 19.9. The van der Waals surface area contributed by atoms with Crippen LogP contribution in [0.4, 0.5) is 10.1 Å². The minimum Gasteiger partial charge on any atom is -0.497 e. The molecule has 6 heteroatoms. The number of carbonyl (C=O) groups is 2. The fraction of sp³-hybridized carbons (Fsp3) is 0.364. The summed E-state index contributed by atoms with van der Waals surface area (Å²) < 4.78 is 23.9. The summed E-state index contributed by atoms with van der Waals surface area (Å²) in [6.45, 7) is 1.55. The Bertz CT molecular complexity index is 827. The van der Waals surface area contributed by atoms with E-state index >= 15 is 0 Å². The Labute approximate surface area is 163 Å². The lowest BCUT2D eigenvalue weighted by atomic mass is 9.79. The molecule has 0 bridgehead atoms. The molecule has 1 saturated carbocycles. The van der Waals surface area contributed by atoms with E-state index in [1.807, 2.05) is 0 Å². The van der Waals surface area contributed by atoms with Gasteiger partial charge in [-0.2, -0.15) is 0 Å². The van der Waals surface area contributed by atoms with Crippen LogP contribution in [0.15, 0.2) is 48.5 Å². The molecule has 0 radical (unpaired) electrons. The van der Waals surface area contributed by atoms with Gasteiger partial charge in [0.15, 0.2) is 6.10 Å². The molecule has 0 aromatic heterocycles. The van der Waals surface area contributed by atoms with Crippen LogP contribution >= 0.6 is 0 Å². The van der Waals surface area contributed by atoms with E-state index in [9.17, 15) is 14.0 Å². The maximum absolute atomic E-state index is 13.3. The smallest absolute Gasteiger partial charge is 0.317 e.